The van der Waals surface area contributed by atoms with Gasteiger partial charge < -0.3 is 0 Å². The van der Waals surface area contributed by atoms with Gasteiger partial charge in [-0.1, -0.05) is 32.1 Å². The molecule has 0 aliphatic heterocycles. The van der Waals surface area contributed by atoms with Gasteiger partial charge in [-0.05, 0) is 92.3 Å². The first-order valence-electron chi connectivity index (χ1n) is 9.82. The lowest BCUT2D eigenvalue weighted by Gasteiger charge is -2.62. The van der Waals surface area contributed by atoms with E-state index in [-0.39, 0.29) is 0 Å². The van der Waals surface area contributed by atoms with Gasteiger partial charge in [0.2, 0.25) is 0 Å². The molecule has 6 aliphatic rings. The summed E-state index contributed by atoms with van der Waals surface area (Å²) in [4.78, 5) is 0. The van der Waals surface area contributed by atoms with Crippen LogP contribution in [0.5, 0.6) is 0 Å². The molecule has 0 spiro atoms. The van der Waals surface area contributed by atoms with Crippen molar-refractivity contribution in [3.8, 4) is 0 Å². The molecule has 6 saturated carbocycles. The summed E-state index contributed by atoms with van der Waals surface area (Å²) in [5, 5.41) is 0. The van der Waals surface area contributed by atoms with Gasteiger partial charge in [-0.3, -0.25) is 0 Å². The fraction of sp³-hybridized carbons (Fsp3) is 1.00. The van der Waals surface area contributed by atoms with Gasteiger partial charge in [0.05, 0.1) is 0 Å². The molecule has 0 aromatic heterocycles. The Hall–Kier alpha value is 0. The van der Waals surface area contributed by atoms with E-state index >= 15 is 0 Å². The van der Waals surface area contributed by atoms with Crippen LogP contribution in [-0.4, -0.2) is 0 Å². The lowest BCUT2D eigenvalue weighted by Crippen LogP contribution is -2.53. The van der Waals surface area contributed by atoms with Gasteiger partial charge in [0.15, 0.2) is 0 Å². The van der Waals surface area contributed by atoms with Crippen LogP contribution in [0.15, 0.2) is 0 Å². The standard InChI is InChI=1S/C20H32/c1-2-6-18-17(4-1)5-3-7-19(18)20-11-14-8-15(12-20)10-16(9-14)13-20/h14-19H,1-13H2. The lowest BCUT2D eigenvalue weighted by molar-refractivity contribution is -0.123. The topological polar surface area (TPSA) is 0 Å². The third-order valence-corrected chi connectivity index (χ3v) is 8.45. The average molecular weight is 272 g/mol. The summed E-state index contributed by atoms with van der Waals surface area (Å²) < 4.78 is 0. The van der Waals surface area contributed by atoms with Crippen molar-refractivity contribution in [2.24, 2.45) is 40.9 Å². The second kappa shape index (κ2) is 4.50. The molecule has 6 fully saturated rings. The van der Waals surface area contributed by atoms with Gasteiger partial charge in [-0.2, -0.15) is 0 Å². The van der Waals surface area contributed by atoms with Crippen LogP contribution in [0.3, 0.4) is 0 Å². The van der Waals surface area contributed by atoms with Crippen molar-refractivity contribution in [3.63, 3.8) is 0 Å². The van der Waals surface area contributed by atoms with Crippen molar-refractivity contribution >= 4 is 0 Å². The fourth-order valence-electron chi connectivity index (χ4n) is 8.33. The van der Waals surface area contributed by atoms with Crippen LogP contribution in [0.1, 0.15) is 83.5 Å². The number of fused-ring (bicyclic) bond motifs is 1. The highest BCUT2D eigenvalue weighted by Gasteiger charge is 2.56. The summed E-state index contributed by atoms with van der Waals surface area (Å²) in [6.07, 6.45) is 20.9. The molecule has 0 N–H and O–H groups in total. The van der Waals surface area contributed by atoms with Gasteiger partial charge in [-0.25, -0.2) is 0 Å². The Morgan fingerprint density at radius 2 is 1.20 bits per heavy atom. The van der Waals surface area contributed by atoms with E-state index in [2.05, 4.69) is 0 Å². The third kappa shape index (κ3) is 1.78. The number of hydrogen-bond donors (Lipinski definition) is 0. The highest BCUT2D eigenvalue weighted by atomic mass is 14.6. The summed E-state index contributed by atoms with van der Waals surface area (Å²) in [7, 11) is 0. The normalized spacial score (nSPS) is 57.6. The largest absolute Gasteiger partial charge is 0.0530 e. The van der Waals surface area contributed by atoms with Gasteiger partial charge in [0.1, 0.15) is 0 Å². The molecule has 6 rings (SSSR count). The van der Waals surface area contributed by atoms with Gasteiger partial charge in [0.25, 0.3) is 0 Å². The smallest absolute Gasteiger partial charge is 0.0259 e. The van der Waals surface area contributed by atoms with E-state index in [9.17, 15) is 0 Å². The lowest BCUT2D eigenvalue weighted by atomic mass is 9.43. The van der Waals surface area contributed by atoms with Crippen molar-refractivity contribution in [2.45, 2.75) is 83.5 Å². The van der Waals surface area contributed by atoms with Gasteiger partial charge in [0, 0.05) is 0 Å². The maximum absolute atomic E-state index is 1.66. The van der Waals surface area contributed by atoms with Crippen molar-refractivity contribution in [1.29, 1.82) is 0 Å². The number of hydrogen-bond acceptors (Lipinski definition) is 0. The summed E-state index contributed by atoms with van der Waals surface area (Å²) >= 11 is 0. The molecule has 0 heterocycles. The minimum atomic E-state index is 0.857. The van der Waals surface area contributed by atoms with Crippen molar-refractivity contribution in [3.05, 3.63) is 0 Å². The predicted octanol–water partition coefficient (Wildman–Crippen LogP) is 5.81. The van der Waals surface area contributed by atoms with Crippen LogP contribution in [0, 0.1) is 40.9 Å². The maximum Gasteiger partial charge on any atom is -0.0259 e. The molecular formula is C20H32. The molecule has 0 amide bonds. The molecular weight excluding hydrogens is 240 g/mol. The van der Waals surface area contributed by atoms with E-state index in [4.69, 9.17) is 0 Å². The van der Waals surface area contributed by atoms with Crippen molar-refractivity contribution < 1.29 is 0 Å². The fourth-order valence-corrected chi connectivity index (χ4v) is 8.33. The molecule has 0 heteroatoms. The van der Waals surface area contributed by atoms with Crippen LogP contribution >= 0.6 is 0 Å². The predicted molar refractivity (Wildman–Crippen MR) is 83.4 cm³/mol. The van der Waals surface area contributed by atoms with Crippen LogP contribution in [-0.2, 0) is 0 Å². The van der Waals surface area contributed by atoms with Crippen LogP contribution < -0.4 is 0 Å². The zero-order chi connectivity index (χ0) is 13.2. The summed E-state index contributed by atoms with van der Waals surface area (Å²) in [5.74, 6) is 6.94. The van der Waals surface area contributed by atoms with Gasteiger partial charge in [-0.15, -0.1) is 0 Å². The zero-order valence-corrected chi connectivity index (χ0v) is 13.2. The Bertz CT molecular complexity index is 344. The van der Waals surface area contributed by atoms with Gasteiger partial charge >= 0.3 is 0 Å². The third-order valence-electron chi connectivity index (χ3n) is 8.45. The SMILES string of the molecule is C1CCC2C(C1)CCCC2C12CC3CC(CC(C3)C1)C2. The summed E-state index contributed by atoms with van der Waals surface area (Å²) in [6, 6.07) is 0. The first-order valence-corrected chi connectivity index (χ1v) is 9.82. The van der Waals surface area contributed by atoms with Crippen molar-refractivity contribution in [1.82, 2.24) is 0 Å². The molecule has 112 valence electrons. The van der Waals surface area contributed by atoms with E-state index in [0.29, 0.717) is 0 Å². The zero-order valence-electron chi connectivity index (χ0n) is 13.2. The average Bonchev–Trinajstić information content (AvgIpc) is 2.45. The molecule has 0 aromatic rings. The summed E-state index contributed by atoms with van der Waals surface area (Å²) in [5.41, 5.74) is 0.857. The Morgan fingerprint density at radius 3 is 1.90 bits per heavy atom. The molecule has 0 saturated heterocycles. The van der Waals surface area contributed by atoms with E-state index in [1.54, 1.807) is 83.5 Å². The van der Waals surface area contributed by atoms with Crippen LogP contribution in [0.25, 0.3) is 0 Å². The monoisotopic (exact) mass is 272 g/mol. The first-order chi connectivity index (χ1) is 9.82. The molecule has 20 heavy (non-hydrogen) atoms. The van der Waals surface area contributed by atoms with E-state index in [1.807, 2.05) is 0 Å². The molecule has 4 bridgehead atoms. The second-order valence-corrected chi connectivity index (χ2v) is 9.53. The quantitative estimate of drug-likeness (QED) is 0.565. The van der Waals surface area contributed by atoms with E-state index in [0.717, 1.165) is 40.9 Å². The Labute approximate surface area is 125 Å². The second-order valence-electron chi connectivity index (χ2n) is 9.53. The molecule has 3 atom stereocenters. The molecule has 0 radical (unpaired) electrons. The van der Waals surface area contributed by atoms with Crippen molar-refractivity contribution in [2.75, 3.05) is 0 Å². The molecule has 6 aliphatic carbocycles. The summed E-state index contributed by atoms with van der Waals surface area (Å²) in [6.45, 7) is 0. The highest BCUT2D eigenvalue weighted by Crippen LogP contribution is 2.66. The van der Waals surface area contributed by atoms with Crippen LogP contribution in [0.4, 0.5) is 0 Å². The van der Waals surface area contributed by atoms with E-state index in [1.165, 1.54) is 0 Å². The number of rotatable bonds is 1. The minimum Gasteiger partial charge on any atom is -0.0530 e. The highest BCUT2D eigenvalue weighted by molar-refractivity contribution is 5.06. The minimum absolute atomic E-state index is 0.857. The Morgan fingerprint density at radius 1 is 0.600 bits per heavy atom. The molecule has 3 unspecified atom stereocenters. The Kier molecular flexibility index (Phi) is 2.82. The molecule has 0 aromatic carbocycles. The Balaban J connectivity index is 1.46. The van der Waals surface area contributed by atoms with E-state index < -0.39 is 0 Å². The maximum atomic E-state index is 1.66. The first kappa shape index (κ1) is 12.5. The molecule has 0 nitrogen and oxygen atoms in total. The van der Waals surface area contributed by atoms with Crippen LogP contribution in [0.2, 0.25) is 0 Å².